The van der Waals surface area contributed by atoms with Crippen molar-refractivity contribution in [3.8, 4) is 5.75 Å². The predicted octanol–water partition coefficient (Wildman–Crippen LogP) is 6.33. The minimum Gasteiger partial charge on any atom is -0.405 e. The van der Waals surface area contributed by atoms with Crippen LogP contribution in [0, 0.1) is 0 Å². The van der Waals surface area contributed by atoms with E-state index in [2.05, 4.69) is 26.0 Å². The third kappa shape index (κ3) is 6.09. The van der Waals surface area contributed by atoms with Gasteiger partial charge in [0.25, 0.3) is 0 Å². The Balaban J connectivity index is 0.924. The summed E-state index contributed by atoms with van der Waals surface area (Å²) in [5.41, 5.74) is 2.61. The molecule has 6 nitrogen and oxygen atoms in total. The topological polar surface area (TPSA) is 59.5 Å². The number of alkyl halides is 3. The van der Waals surface area contributed by atoms with Crippen LogP contribution in [0.3, 0.4) is 0 Å². The molecule has 9 heteroatoms. The van der Waals surface area contributed by atoms with E-state index < -0.39 is 6.36 Å². The summed E-state index contributed by atoms with van der Waals surface area (Å²) in [6, 6.07) is 15.2. The van der Waals surface area contributed by atoms with Crippen molar-refractivity contribution < 1.29 is 22.6 Å². The molecule has 0 amide bonds. The van der Waals surface area contributed by atoms with Gasteiger partial charge in [0, 0.05) is 54.8 Å². The van der Waals surface area contributed by atoms with Crippen molar-refractivity contribution in [2.45, 2.75) is 50.6 Å². The molecule has 0 unspecified atom stereocenters. The number of rotatable bonds is 11. The number of aromatic nitrogens is 2. The molecule has 1 N–H and O–H groups in total. The molecular weight excluding hydrogens is 505 g/mol. The molecule has 204 valence electrons. The normalized spacial score (nSPS) is 16.1. The van der Waals surface area contributed by atoms with Gasteiger partial charge in [0.1, 0.15) is 11.6 Å². The second kappa shape index (κ2) is 11.0. The van der Waals surface area contributed by atoms with Crippen LogP contribution in [0.5, 0.6) is 5.75 Å². The van der Waals surface area contributed by atoms with E-state index in [0.717, 1.165) is 78.4 Å². The Bertz CT molecular complexity index is 1450. The van der Waals surface area contributed by atoms with Gasteiger partial charge in [0.05, 0.1) is 11.6 Å². The van der Waals surface area contributed by atoms with Crippen molar-refractivity contribution in [2.24, 2.45) is 0 Å². The second-order valence-electron chi connectivity index (χ2n) is 10.3. The number of benzene rings is 2. The van der Waals surface area contributed by atoms with E-state index in [-0.39, 0.29) is 17.8 Å². The van der Waals surface area contributed by atoms with Gasteiger partial charge < -0.3 is 19.7 Å². The van der Waals surface area contributed by atoms with Gasteiger partial charge in [-0.25, -0.2) is 4.98 Å². The van der Waals surface area contributed by atoms with Gasteiger partial charge in [-0.05, 0) is 67.5 Å². The van der Waals surface area contributed by atoms with E-state index in [0.29, 0.717) is 18.7 Å². The zero-order chi connectivity index (χ0) is 26.8. The first kappa shape index (κ1) is 25.8. The maximum absolute atomic E-state index is 12.7. The van der Waals surface area contributed by atoms with E-state index in [1.807, 2.05) is 42.7 Å². The first-order valence-corrected chi connectivity index (χ1v) is 13.5. The van der Waals surface area contributed by atoms with E-state index in [4.69, 9.17) is 9.72 Å². The molecule has 2 aromatic carbocycles. The molecule has 2 aliphatic rings. The molecule has 2 fully saturated rings. The third-order valence-corrected chi connectivity index (χ3v) is 7.38. The van der Waals surface area contributed by atoms with Crippen molar-refractivity contribution in [2.75, 3.05) is 31.1 Å². The predicted molar refractivity (Wildman–Crippen MR) is 145 cm³/mol. The van der Waals surface area contributed by atoms with E-state index in [1.165, 1.54) is 6.07 Å². The van der Waals surface area contributed by atoms with Crippen LogP contribution < -0.4 is 15.0 Å². The highest BCUT2D eigenvalue weighted by Gasteiger charge is 2.35. The van der Waals surface area contributed by atoms with E-state index >= 15 is 0 Å². The molecular formula is C30H31F3N4O2. The number of anilines is 1. The van der Waals surface area contributed by atoms with Gasteiger partial charge >= 0.3 is 6.36 Å². The number of hydrogen-bond donors (Lipinski definition) is 1. The average molecular weight is 537 g/mol. The van der Waals surface area contributed by atoms with Crippen molar-refractivity contribution >= 4 is 27.5 Å². The minimum atomic E-state index is -4.66. The van der Waals surface area contributed by atoms with E-state index in [9.17, 15) is 13.2 Å². The Hall–Kier alpha value is -3.43. The van der Waals surface area contributed by atoms with Crippen LogP contribution in [0.2, 0.25) is 0 Å². The molecule has 1 aliphatic heterocycles. The SMILES string of the molecule is FC(F)(F)Oc1ccc(CNCCCCOC2CN(c3nc4ccccc4c4cnccc34)C2)cc1C1CC1. The lowest BCUT2D eigenvalue weighted by molar-refractivity contribution is -0.274. The van der Waals surface area contributed by atoms with Crippen LogP contribution in [0.25, 0.3) is 21.7 Å². The molecule has 0 atom stereocenters. The van der Waals surface area contributed by atoms with Gasteiger partial charge in [-0.15, -0.1) is 13.2 Å². The zero-order valence-electron chi connectivity index (χ0n) is 21.6. The Morgan fingerprint density at radius 2 is 1.82 bits per heavy atom. The second-order valence-corrected chi connectivity index (χ2v) is 10.3. The number of unbranched alkanes of at least 4 members (excludes halogenated alkanes) is 1. The molecule has 2 aromatic heterocycles. The first-order valence-electron chi connectivity index (χ1n) is 13.5. The number of hydrogen-bond acceptors (Lipinski definition) is 6. The summed E-state index contributed by atoms with van der Waals surface area (Å²) in [6.45, 7) is 3.77. The number of fused-ring (bicyclic) bond motifs is 3. The van der Waals surface area contributed by atoms with Crippen molar-refractivity contribution in [3.05, 3.63) is 72.1 Å². The van der Waals surface area contributed by atoms with Crippen LogP contribution in [0.4, 0.5) is 19.0 Å². The fourth-order valence-electron chi connectivity index (χ4n) is 5.21. The molecule has 0 bridgehead atoms. The highest BCUT2D eigenvalue weighted by atomic mass is 19.4. The number of nitrogens with zero attached hydrogens (tertiary/aromatic N) is 3. The summed E-state index contributed by atoms with van der Waals surface area (Å²) in [5, 5.41) is 6.73. The average Bonchev–Trinajstić information content (AvgIpc) is 3.74. The maximum Gasteiger partial charge on any atom is 0.573 e. The molecule has 0 spiro atoms. The van der Waals surface area contributed by atoms with Crippen LogP contribution in [0.1, 0.15) is 42.7 Å². The van der Waals surface area contributed by atoms with Crippen LogP contribution >= 0.6 is 0 Å². The van der Waals surface area contributed by atoms with Gasteiger partial charge in [-0.3, -0.25) is 4.98 Å². The summed E-state index contributed by atoms with van der Waals surface area (Å²) in [4.78, 5) is 11.5. The highest BCUT2D eigenvalue weighted by Crippen LogP contribution is 2.45. The summed E-state index contributed by atoms with van der Waals surface area (Å²) in [7, 11) is 0. The number of halogens is 3. The summed E-state index contributed by atoms with van der Waals surface area (Å²) < 4.78 is 48.4. The highest BCUT2D eigenvalue weighted by molar-refractivity contribution is 6.09. The lowest BCUT2D eigenvalue weighted by Gasteiger charge is -2.40. The lowest BCUT2D eigenvalue weighted by Crippen LogP contribution is -2.52. The number of pyridine rings is 2. The Kier molecular flexibility index (Phi) is 7.27. The molecule has 1 aliphatic carbocycles. The van der Waals surface area contributed by atoms with Gasteiger partial charge in [0.2, 0.25) is 0 Å². The molecule has 3 heterocycles. The maximum atomic E-state index is 12.7. The Morgan fingerprint density at radius 1 is 0.974 bits per heavy atom. The standard InChI is InChI=1S/C30H31F3N4O2/c31-30(32,33)39-28-10-7-20(15-25(28)21-8-9-21)16-34-12-3-4-14-38-22-18-37(19-22)29-24-11-13-35-17-26(24)23-5-1-2-6-27(23)36-29/h1-2,5-7,10-11,13,15,17,21-22,34H,3-4,8-9,12,14,16,18-19H2. The monoisotopic (exact) mass is 536 g/mol. The fraction of sp³-hybridized carbons (Fsp3) is 0.400. The third-order valence-electron chi connectivity index (χ3n) is 7.38. The van der Waals surface area contributed by atoms with Gasteiger partial charge in [-0.2, -0.15) is 0 Å². The van der Waals surface area contributed by atoms with E-state index in [1.54, 1.807) is 6.07 Å². The minimum absolute atomic E-state index is 0.0675. The summed E-state index contributed by atoms with van der Waals surface area (Å²) >= 11 is 0. The molecule has 1 saturated carbocycles. The Morgan fingerprint density at radius 3 is 2.64 bits per heavy atom. The molecule has 0 radical (unpaired) electrons. The first-order chi connectivity index (χ1) is 18.9. The quantitative estimate of drug-likeness (QED) is 0.179. The van der Waals surface area contributed by atoms with Crippen LogP contribution in [0.15, 0.2) is 60.9 Å². The van der Waals surface area contributed by atoms with Crippen molar-refractivity contribution in [3.63, 3.8) is 0 Å². The van der Waals surface area contributed by atoms with Crippen molar-refractivity contribution in [1.29, 1.82) is 0 Å². The van der Waals surface area contributed by atoms with Gasteiger partial charge in [0.15, 0.2) is 0 Å². The van der Waals surface area contributed by atoms with Gasteiger partial charge in [-0.1, -0.05) is 30.3 Å². The lowest BCUT2D eigenvalue weighted by atomic mass is 10.1. The summed E-state index contributed by atoms with van der Waals surface area (Å²) in [5.74, 6) is 1.09. The van der Waals surface area contributed by atoms with Crippen molar-refractivity contribution in [1.82, 2.24) is 15.3 Å². The summed E-state index contributed by atoms with van der Waals surface area (Å²) in [6.07, 6.45) is 2.99. The Labute approximate surface area is 225 Å². The number of ether oxygens (including phenoxy) is 2. The molecule has 1 saturated heterocycles. The smallest absolute Gasteiger partial charge is 0.405 e. The number of para-hydroxylation sites is 1. The molecule has 4 aromatic rings. The number of nitrogens with one attached hydrogen (secondary N) is 1. The molecule has 39 heavy (non-hydrogen) atoms. The van der Waals surface area contributed by atoms with Crippen LogP contribution in [-0.2, 0) is 11.3 Å². The largest absolute Gasteiger partial charge is 0.573 e. The molecule has 6 rings (SSSR count). The zero-order valence-corrected chi connectivity index (χ0v) is 21.6. The fourth-order valence-corrected chi connectivity index (χ4v) is 5.21. The van der Waals surface area contributed by atoms with Crippen LogP contribution in [-0.4, -0.2) is 48.7 Å².